The molecule has 106 valence electrons. The predicted octanol–water partition coefficient (Wildman–Crippen LogP) is 2.28. The Balaban J connectivity index is 2.19. The highest BCUT2D eigenvalue weighted by molar-refractivity contribution is 5.47. The van der Waals surface area contributed by atoms with Gasteiger partial charge in [-0.1, -0.05) is 48.0 Å². The van der Waals surface area contributed by atoms with E-state index in [1.165, 1.54) is 5.56 Å². The summed E-state index contributed by atoms with van der Waals surface area (Å²) < 4.78 is 0. The van der Waals surface area contributed by atoms with Crippen molar-refractivity contribution in [3.63, 3.8) is 0 Å². The molecular weight excluding hydrogens is 248 g/mol. The number of rotatable bonds is 5. The van der Waals surface area contributed by atoms with E-state index in [-0.39, 0.29) is 6.54 Å². The second kappa shape index (κ2) is 6.07. The molecule has 3 heteroatoms. The van der Waals surface area contributed by atoms with Gasteiger partial charge in [-0.05, 0) is 24.6 Å². The number of nitrogens with zero attached hydrogens (tertiary/aromatic N) is 1. The molecular formula is C17H22N2O. The van der Waals surface area contributed by atoms with E-state index in [2.05, 4.69) is 31.2 Å². The number of anilines is 1. The Morgan fingerprint density at radius 2 is 1.65 bits per heavy atom. The van der Waals surface area contributed by atoms with Crippen LogP contribution in [-0.4, -0.2) is 25.2 Å². The highest BCUT2D eigenvalue weighted by atomic mass is 16.3. The van der Waals surface area contributed by atoms with E-state index in [1.54, 1.807) is 0 Å². The molecule has 0 aromatic heterocycles. The van der Waals surface area contributed by atoms with Crippen LogP contribution in [0.1, 0.15) is 11.1 Å². The minimum Gasteiger partial charge on any atom is -0.382 e. The van der Waals surface area contributed by atoms with Crippen LogP contribution in [-0.2, 0) is 5.60 Å². The number of benzene rings is 2. The van der Waals surface area contributed by atoms with Gasteiger partial charge in [0, 0.05) is 19.3 Å². The fourth-order valence-corrected chi connectivity index (χ4v) is 2.30. The van der Waals surface area contributed by atoms with Gasteiger partial charge >= 0.3 is 0 Å². The van der Waals surface area contributed by atoms with Gasteiger partial charge in [0.25, 0.3) is 0 Å². The Labute approximate surface area is 120 Å². The third kappa shape index (κ3) is 3.18. The van der Waals surface area contributed by atoms with E-state index in [0.717, 1.165) is 11.3 Å². The third-order valence-corrected chi connectivity index (χ3v) is 3.62. The molecule has 3 nitrogen and oxygen atoms in total. The van der Waals surface area contributed by atoms with Crippen molar-refractivity contribution in [1.29, 1.82) is 0 Å². The van der Waals surface area contributed by atoms with Gasteiger partial charge < -0.3 is 15.7 Å². The van der Waals surface area contributed by atoms with Crippen LogP contribution in [0.3, 0.4) is 0 Å². The third-order valence-electron chi connectivity index (χ3n) is 3.62. The lowest BCUT2D eigenvalue weighted by Crippen LogP contribution is -2.45. The van der Waals surface area contributed by atoms with Crippen molar-refractivity contribution >= 4 is 5.69 Å². The molecule has 0 bridgehead atoms. The topological polar surface area (TPSA) is 49.5 Å². The summed E-state index contributed by atoms with van der Waals surface area (Å²) in [5, 5.41) is 10.8. The van der Waals surface area contributed by atoms with Crippen molar-refractivity contribution in [1.82, 2.24) is 0 Å². The average molecular weight is 270 g/mol. The fraction of sp³-hybridized carbons (Fsp3) is 0.294. The number of nitrogens with two attached hydrogens (primary N) is 1. The Kier molecular flexibility index (Phi) is 4.42. The monoisotopic (exact) mass is 270 g/mol. The first-order chi connectivity index (χ1) is 9.55. The molecule has 0 radical (unpaired) electrons. The first-order valence-corrected chi connectivity index (χ1v) is 6.81. The van der Waals surface area contributed by atoms with E-state index in [9.17, 15) is 5.11 Å². The molecule has 1 unspecified atom stereocenters. The van der Waals surface area contributed by atoms with Crippen molar-refractivity contribution in [2.75, 3.05) is 25.0 Å². The zero-order valence-corrected chi connectivity index (χ0v) is 12.1. The van der Waals surface area contributed by atoms with Gasteiger partial charge in [-0.25, -0.2) is 0 Å². The largest absolute Gasteiger partial charge is 0.382 e. The van der Waals surface area contributed by atoms with Crippen molar-refractivity contribution < 1.29 is 5.11 Å². The molecule has 20 heavy (non-hydrogen) atoms. The summed E-state index contributed by atoms with van der Waals surface area (Å²) in [7, 11) is 1.97. The van der Waals surface area contributed by atoms with Crippen LogP contribution in [0, 0.1) is 6.92 Å². The van der Waals surface area contributed by atoms with Gasteiger partial charge in [0.15, 0.2) is 0 Å². The Bertz CT molecular complexity index is 539. The molecule has 2 rings (SSSR count). The highest BCUT2D eigenvalue weighted by Crippen LogP contribution is 2.23. The maximum absolute atomic E-state index is 10.8. The number of hydrogen-bond acceptors (Lipinski definition) is 3. The standard InChI is InChI=1S/C17H22N2O/c1-14-8-10-16(11-9-14)19(2)13-17(20,12-18)15-6-4-3-5-7-15/h3-11,20H,12-13,18H2,1-2H3. The summed E-state index contributed by atoms with van der Waals surface area (Å²) in [5.41, 5.74) is 7.91. The van der Waals surface area contributed by atoms with Crippen LogP contribution in [0.5, 0.6) is 0 Å². The minimum atomic E-state index is -1.04. The van der Waals surface area contributed by atoms with Crippen LogP contribution in [0.15, 0.2) is 54.6 Å². The van der Waals surface area contributed by atoms with Crippen molar-refractivity contribution in [3.05, 3.63) is 65.7 Å². The zero-order valence-electron chi connectivity index (χ0n) is 12.1. The SMILES string of the molecule is Cc1ccc(N(C)CC(O)(CN)c2ccccc2)cc1. The van der Waals surface area contributed by atoms with Gasteiger partial charge in [-0.15, -0.1) is 0 Å². The van der Waals surface area contributed by atoms with Crippen LogP contribution >= 0.6 is 0 Å². The molecule has 0 heterocycles. The lowest BCUT2D eigenvalue weighted by Gasteiger charge is -2.33. The minimum absolute atomic E-state index is 0.188. The first kappa shape index (κ1) is 14.6. The average Bonchev–Trinajstić information content (AvgIpc) is 2.48. The fourth-order valence-electron chi connectivity index (χ4n) is 2.30. The lowest BCUT2D eigenvalue weighted by atomic mass is 9.93. The molecule has 2 aromatic rings. The summed E-state index contributed by atoms with van der Waals surface area (Å²) in [6.45, 7) is 2.70. The molecule has 0 aliphatic rings. The molecule has 2 aromatic carbocycles. The van der Waals surface area contributed by atoms with Crippen molar-refractivity contribution in [3.8, 4) is 0 Å². The molecule has 0 aliphatic heterocycles. The molecule has 1 atom stereocenters. The maximum atomic E-state index is 10.8. The summed E-state index contributed by atoms with van der Waals surface area (Å²) in [5.74, 6) is 0. The quantitative estimate of drug-likeness (QED) is 0.876. The summed E-state index contributed by atoms with van der Waals surface area (Å²) in [6.07, 6.45) is 0. The molecule has 0 amide bonds. The molecule has 0 saturated carbocycles. The second-order valence-corrected chi connectivity index (χ2v) is 5.29. The van der Waals surface area contributed by atoms with Gasteiger partial charge in [0.2, 0.25) is 0 Å². The molecule has 0 spiro atoms. The predicted molar refractivity (Wildman–Crippen MR) is 83.8 cm³/mol. The van der Waals surface area contributed by atoms with E-state index in [1.807, 2.05) is 42.3 Å². The summed E-state index contributed by atoms with van der Waals surface area (Å²) >= 11 is 0. The Hall–Kier alpha value is -1.84. The van der Waals surface area contributed by atoms with Gasteiger partial charge in [-0.3, -0.25) is 0 Å². The lowest BCUT2D eigenvalue weighted by molar-refractivity contribution is 0.0543. The molecule has 0 saturated heterocycles. The van der Waals surface area contributed by atoms with Gasteiger partial charge in [-0.2, -0.15) is 0 Å². The van der Waals surface area contributed by atoms with Crippen molar-refractivity contribution in [2.24, 2.45) is 5.73 Å². The normalized spacial score (nSPS) is 13.8. The molecule has 0 aliphatic carbocycles. The summed E-state index contributed by atoms with van der Waals surface area (Å²) in [6, 6.07) is 17.8. The number of aryl methyl sites for hydroxylation is 1. The second-order valence-electron chi connectivity index (χ2n) is 5.29. The smallest absolute Gasteiger partial charge is 0.119 e. The Morgan fingerprint density at radius 3 is 2.20 bits per heavy atom. The number of hydrogen-bond donors (Lipinski definition) is 2. The Morgan fingerprint density at radius 1 is 1.05 bits per heavy atom. The maximum Gasteiger partial charge on any atom is 0.119 e. The molecule has 0 fully saturated rings. The number of likely N-dealkylation sites (N-methyl/N-ethyl adjacent to an activating group) is 1. The van der Waals surface area contributed by atoms with E-state index in [4.69, 9.17) is 5.73 Å². The van der Waals surface area contributed by atoms with E-state index < -0.39 is 5.60 Å². The van der Waals surface area contributed by atoms with E-state index >= 15 is 0 Å². The van der Waals surface area contributed by atoms with Crippen LogP contribution in [0.2, 0.25) is 0 Å². The van der Waals surface area contributed by atoms with E-state index in [0.29, 0.717) is 6.54 Å². The zero-order chi connectivity index (χ0) is 14.6. The van der Waals surface area contributed by atoms with Crippen LogP contribution < -0.4 is 10.6 Å². The van der Waals surface area contributed by atoms with Crippen molar-refractivity contribution in [2.45, 2.75) is 12.5 Å². The molecule has 3 N–H and O–H groups in total. The first-order valence-electron chi connectivity index (χ1n) is 6.81. The van der Waals surface area contributed by atoms with Gasteiger partial charge in [0.1, 0.15) is 5.60 Å². The summed E-state index contributed by atoms with van der Waals surface area (Å²) in [4.78, 5) is 2.03. The van der Waals surface area contributed by atoms with Gasteiger partial charge in [0.05, 0.1) is 6.54 Å². The van der Waals surface area contributed by atoms with Crippen LogP contribution in [0.4, 0.5) is 5.69 Å². The highest BCUT2D eigenvalue weighted by Gasteiger charge is 2.29. The number of aliphatic hydroxyl groups is 1. The van der Waals surface area contributed by atoms with Crippen LogP contribution in [0.25, 0.3) is 0 Å².